The Hall–Kier alpha value is -0.770. The summed E-state index contributed by atoms with van der Waals surface area (Å²) in [5.74, 6) is 0. The van der Waals surface area contributed by atoms with Gasteiger partial charge in [-0.05, 0) is 46.5 Å². The molecule has 1 saturated heterocycles. The number of nitrogens with one attached hydrogen (secondary N) is 2. The van der Waals surface area contributed by atoms with Crippen LogP contribution in [-0.4, -0.2) is 29.8 Å². The second-order valence-electron chi connectivity index (χ2n) is 6.28. The molecule has 1 aliphatic rings. The van der Waals surface area contributed by atoms with Crippen LogP contribution in [0.25, 0.3) is 0 Å². The van der Waals surface area contributed by atoms with E-state index in [0.29, 0.717) is 0 Å². The molecule has 2 N–H and O–H groups in total. The van der Waals surface area contributed by atoms with Crippen molar-refractivity contribution in [1.29, 1.82) is 0 Å². The van der Waals surface area contributed by atoms with Gasteiger partial charge in [0, 0.05) is 18.2 Å². The average molecular weight is 256 g/mol. The van der Waals surface area contributed by atoms with Crippen LogP contribution < -0.4 is 10.6 Å². The van der Waals surface area contributed by atoms with Gasteiger partial charge in [-0.25, -0.2) is 4.79 Å². The Bertz CT molecular complexity index is 280. The Morgan fingerprint density at radius 1 is 1.33 bits per heavy atom. The number of hydrogen-bond donors (Lipinski definition) is 2. The normalized spacial score (nSPS) is 23.5. The van der Waals surface area contributed by atoms with Crippen molar-refractivity contribution < 1.29 is 9.53 Å². The molecule has 0 aromatic heterocycles. The molecule has 4 nitrogen and oxygen atoms in total. The fourth-order valence-electron chi connectivity index (χ4n) is 2.46. The number of rotatable bonds is 3. The molecule has 0 spiro atoms. The first kappa shape index (κ1) is 15.3. The number of ether oxygens (including phenoxy) is 1. The Morgan fingerprint density at radius 3 is 2.44 bits per heavy atom. The molecular weight excluding hydrogens is 228 g/mol. The molecule has 2 amide bonds. The fourth-order valence-corrected chi connectivity index (χ4v) is 2.46. The predicted octanol–water partition coefficient (Wildman–Crippen LogP) is 2.82. The predicted molar refractivity (Wildman–Crippen MR) is 73.7 cm³/mol. The van der Waals surface area contributed by atoms with Gasteiger partial charge in [-0.2, -0.15) is 0 Å². The minimum absolute atomic E-state index is 0.0437. The number of hydrogen-bond acceptors (Lipinski definition) is 2. The van der Waals surface area contributed by atoms with E-state index in [2.05, 4.69) is 24.5 Å². The van der Waals surface area contributed by atoms with E-state index in [1.54, 1.807) is 0 Å². The molecule has 0 aromatic carbocycles. The van der Waals surface area contributed by atoms with Crippen molar-refractivity contribution in [3.63, 3.8) is 0 Å². The molecule has 0 aromatic rings. The smallest absolute Gasteiger partial charge is 0.315 e. The molecule has 4 heteroatoms. The van der Waals surface area contributed by atoms with E-state index in [0.717, 1.165) is 32.3 Å². The molecule has 0 aliphatic carbocycles. The molecule has 18 heavy (non-hydrogen) atoms. The SMILES string of the molecule is CCC1(CC)CC(NC(=O)NC(C)(C)C)CCO1. The molecular formula is C14H28N2O2. The summed E-state index contributed by atoms with van der Waals surface area (Å²) in [7, 11) is 0. The summed E-state index contributed by atoms with van der Waals surface area (Å²) in [5, 5.41) is 6.01. The van der Waals surface area contributed by atoms with Crippen LogP contribution >= 0.6 is 0 Å². The van der Waals surface area contributed by atoms with Crippen LogP contribution in [0.5, 0.6) is 0 Å². The van der Waals surface area contributed by atoms with E-state index < -0.39 is 0 Å². The zero-order chi connectivity index (χ0) is 13.8. The minimum Gasteiger partial charge on any atom is -0.375 e. The van der Waals surface area contributed by atoms with Crippen LogP contribution in [0.3, 0.4) is 0 Å². The van der Waals surface area contributed by atoms with Gasteiger partial charge in [-0.15, -0.1) is 0 Å². The van der Waals surface area contributed by atoms with Gasteiger partial charge in [0.05, 0.1) is 5.60 Å². The number of carbonyl (C=O) groups is 1. The van der Waals surface area contributed by atoms with Gasteiger partial charge >= 0.3 is 6.03 Å². The molecule has 1 aliphatic heterocycles. The second-order valence-corrected chi connectivity index (χ2v) is 6.28. The van der Waals surface area contributed by atoms with Crippen molar-refractivity contribution >= 4 is 6.03 Å². The molecule has 1 rings (SSSR count). The van der Waals surface area contributed by atoms with Crippen LogP contribution in [0.2, 0.25) is 0 Å². The van der Waals surface area contributed by atoms with E-state index in [1.807, 2.05) is 20.8 Å². The summed E-state index contributed by atoms with van der Waals surface area (Å²) in [4.78, 5) is 11.9. The Morgan fingerprint density at radius 2 is 1.94 bits per heavy atom. The van der Waals surface area contributed by atoms with Crippen LogP contribution in [0.15, 0.2) is 0 Å². The van der Waals surface area contributed by atoms with Crippen molar-refractivity contribution in [3.8, 4) is 0 Å². The molecule has 106 valence electrons. The first-order valence-electron chi connectivity index (χ1n) is 7.03. The summed E-state index contributed by atoms with van der Waals surface area (Å²) in [5.41, 5.74) is -0.236. The average Bonchev–Trinajstić information content (AvgIpc) is 2.26. The largest absolute Gasteiger partial charge is 0.375 e. The second kappa shape index (κ2) is 5.91. The highest BCUT2D eigenvalue weighted by Crippen LogP contribution is 2.31. The first-order valence-corrected chi connectivity index (χ1v) is 7.03. The summed E-state index contributed by atoms with van der Waals surface area (Å²) >= 11 is 0. The molecule has 1 fully saturated rings. The number of amides is 2. The lowest BCUT2D eigenvalue weighted by Gasteiger charge is -2.40. The van der Waals surface area contributed by atoms with Crippen molar-refractivity contribution in [1.82, 2.24) is 10.6 Å². The molecule has 1 atom stereocenters. The van der Waals surface area contributed by atoms with E-state index >= 15 is 0 Å². The zero-order valence-corrected chi connectivity index (χ0v) is 12.4. The summed E-state index contributed by atoms with van der Waals surface area (Å²) in [6.45, 7) is 11.0. The van der Waals surface area contributed by atoms with Crippen molar-refractivity contribution in [2.45, 2.75) is 77.5 Å². The number of urea groups is 1. The summed E-state index contributed by atoms with van der Waals surface area (Å²) < 4.78 is 5.90. The third-order valence-electron chi connectivity index (χ3n) is 3.61. The summed E-state index contributed by atoms with van der Waals surface area (Å²) in [6, 6.07) is 0.150. The highest BCUT2D eigenvalue weighted by molar-refractivity contribution is 5.75. The van der Waals surface area contributed by atoms with E-state index in [4.69, 9.17) is 4.74 Å². The molecule has 0 radical (unpaired) electrons. The topological polar surface area (TPSA) is 50.4 Å². The highest BCUT2D eigenvalue weighted by Gasteiger charge is 2.35. The number of carbonyl (C=O) groups excluding carboxylic acids is 1. The highest BCUT2D eigenvalue weighted by atomic mass is 16.5. The molecule has 0 saturated carbocycles. The van der Waals surface area contributed by atoms with E-state index in [-0.39, 0.29) is 23.2 Å². The van der Waals surface area contributed by atoms with E-state index in [9.17, 15) is 4.79 Å². The zero-order valence-electron chi connectivity index (χ0n) is 12.4. The maximum absolute atomic E-state index is 11.9. The van der Waals surface area contributed by atoms with Crippen LogP contribution in [-0.2, 0) is 4.74 Å². The Labute approximate surface area is 111 Å². The Kier molecular flexibility index (Phi) is 5.02. The lowest BCUT2D eigenvalue weighted by atomic mass is 9.86. The van der Waals surface area contributed by atoms with Crippen molar-refractivity contribution in [2.75, 3.05) is 6.61 Å². The van der Waals surface area contributed by atoms with Gasteiger partial charge < -0.3 is 15.4 Å². The maximum Gasteiger partial charge on any atom is 0.315 e. The quantitative estimate of drug-likeness (QED) is 0.815. The lowest BCUT2D eigenvalue weighted by molar-refractivity contribution is -0.0915. The lowest BCUT2D eigenvalue weighted by Crippen LogP contribution is -2.53. The monoisotopic (exact) mass is 256 g/mol. The van der Waals surface area contributed by atoms with Crippen molar-refractivity contribution in [3.05, 3.63) is 0 Å². The minimum atomic E-state index is -0.193. The fraction of sp³-hybridized carbons (Fsp3) is 0.929. The third-order valence-corrected chi connectivity index (χ3v) is 3.61. The third kappa shape index (κ3) is 4.48. The van der Waals surface area contributed by atoms with Gasteiger partial charge in [0.2, 0.25) is 0 Å². The van der Waals surface area contributed by atoms with Gasteiger partial charge in [-0.3, -0.25) is 0 Å². The van der Waals surface area contributed by atoms with Crippen LogP contribution in [0.4, 0.5) is 4.79 Å². The van der Waals surface area contributed by atoms with Gasteiger partial charge in [0.1, 0.15) is 0 Å². The van der Waals surface area contributed by atoms with Gasteiger partial charge in [0.25, 0.3) is 0 Å². The van der Waals surface area contributed by atoms with Gasteiger partial charge in [0.15, 0.2) is 0 Å². The first-order chi connectivity index (χ1) is 8.30. The van der Waals surface area contributed by atoms with Gasteiger partial charge in [-0.1, -0.05) is 13.8 Å². The van der Waals surface area contributed by atoms with Crippen LogP contribution in [0.1, 0.15) is 60.3 Å². The van der Waals surface area contributed by atoms with E-state index in [1.165, 1.54) is 0 Å². The molecule has 1 unspecified atom stereocenters. The molecule has 0 bridgehead atoms. The molecule has 1 heterocycles. The van der Waals surface area contributed by atoms with Crippen molar-refractivity contribution in [2.24, 2.45) is 0 Å². The standard InChI is InChI=1S/C14H28N2O2/c1-6-14(7-2)10-11(8-9-18-14)15-12(17)16-13(3,4)5/h11H,6-10H2,1-5H3,(H2,15,16,17). The maximum atomic E-state index is 11.9. The van der Waals surface area contributed by atoms with Crippen LogP contribution in [0, 0.1) is 0 Å². The summed E-state index contributed by atoms with van der Waals surface area (Å²) in [6.07, 6.45) is 3.82. The Balaban J connectivity index is 2.50.